The van der Waals surface area contributed by atoms with Crippen LogP contribution in [0.25, 0.3) is 0 Å². The van der Waals surface area contributed by atoms with Crippen LogP contribution in [0.4, 0.5) is 0 Å². The molecular weight excluding hydrogens is 202 g/mol. The molecule has 0 aromatic heterocycles. The predicted octanol–water partition coefficient (Wildman–Crippen LogP) is 0.276. The summed E-state index contributed by atoms with van der Waals surface area (Å²) in [5.41, 5.74) is 5.62. The quantitative estimate of drug-likeness (QED) is 0.747. The van der Waals surface area contributed by atoms with Gasteiger partial charge in [-0.05, 0) is 39.2 Å². The molecule has 2 N–H and O–H groups in total. The van der Waals surface area contributed by atoms with E-state index in [0.717, 1.165) is 32.1 Å². The molecule has 1 saturated carbocycles. The molecule has 1 amide bonds. The molecule has 2 rings (SSSR count). The van der Waals surface area contributed by atoms with Gasteiger partial charge in [-0.15, -0.1) is 0 Å². The smallest absolute Gasteiger partial charge is 0.239 e. The van der Waals surface area contributed by atoms with Crippen molar-refractivity contribution in [2.24, 2.45) is 11.7 Å². The van der Waals surface area contributed by atoms with Gasteiger partial charge in [0, 0.05) is 25.7 Å². The second-order valence-electron chi connectivity index (χ2n) is 5.40. The Labute approximate surface area is 97.8 Å². The van der Waals surface area contributed by atoms with E-state index in [2.05, 4.69) is 11.9 Å². The van der Waals surface area contributed by atoms with Gasteiger partial charge in [-0.3, -0.25) is 4.79 Å². The third-order valence-electron chi connectivity index (χ3n) is 3.70. The van der Waals surface area contributed by atoms with Crippen molar-refractivity contribution < 1.29 is 4.79 Å². The van der Waals surface area contributed by atoms with E-state index in [1.54, 1.807) is 6.92 Å². The second kappa shape index (κ2) is 4.72. The zero-order valence-corrected chi connectivity index (χ0v) is 10.4. The summed E-state index contributed by atoms with van der Waals surface area (Å²) < 4.78 is 0. The molecule has 1 heterocycles. The molecule has 92 valence electrons. The number of rotatable bonds is 4. The maximum atomic E-state index is 11.7. The van der Waals surface area contributed by atoms with Crippen molar-refractivity contribution in [2.45, 2.75) is 38.3 Å². The first-order chi connectivity index (χ1) is 7.58. The second-order valence-corrected chi connectivity index (χ2v) is 5.40. The van der Waals surface area contributed by atoms with Gasteiger partial charge in [-0.1, -0.05) is 0 Å². The van der Waals surface area contributed by atoms with E-state index in [4.69, 9.17) is 5.73 Å². The minimum Gasteiger partial charge on any atom is -0.341 e. The van der Waals surface area contributed by atoms with Crippen LogP contribution >= 0.6 is 0 Å². The number of carbonyl (C=O) groups is 1. The van der Waals surface area contributed by atoms with Crippen LogP contribution in [0.5, 0.6) is 0 Å². The van der Waals surface area contributed by atoms with E-state index in [1.165, 1.54) is 12.8 Å². The van der Waals surface area contributed by atoms with Crippen LogP contribution < -0.4 is 5.73 Å². The summed E-state index contributed by atoms with van der Waals surface area (Å²) in [5.74, 6) is 0.755. The minimum atomic E-state index is -0.347. The van der Waals surface area contributed by atoms with Crippen LogP contribution in [-0.2, 0) is 4.79 Å². The summed E-state index contributed by atoms with van der Waals surface area (Å²) in [6.07, 6.45) is 3.84. The highest BCUT2D eigenvalue weighted by Gasteiger charge is 2.32. The van der Waals surface area contributed by atoms with E-state index >= 15 is 0 Å². The predicted molar refractivity (Wildman–Crippen MR) is 64.0 cm³/mol. The molecule has 0 aromatic carbocycles. The van der Waals surface area contributed by atoms with Crippen molar-refractivity contribution in [2.75, 3.05) is 26.7 Å². The zero-order chi connectivity index (χ0) is 11.7. The molecule has 0 spiro atoms. The Morgan fingerprint density at radius 3 is 2.75 bits per heavy atom. The normalized spacial score (nSPS) is 27.5. The number of nitrogens with two attached hydrogens (primary N) is 1. The van der Waals surface area contributed by atoms with Crippen LogP contribution in [0.15, 0.2) is 0 Å². The Kier molecular flexibility index (Phi) is 3.50. The molecule has 4 heteroatoms. The molecule has 1 aliphatic heterocycles. The van der Waals surface area contributed by atoms with Crippen molar-refractivity contribution in [1.82, 2.24) is 9.80 Å². The molecule has 2 fully saturated rings. The lowest BCUT2D eigenvalue weighted by Crippen LogP contribution is -2.41. The lowest BCUT2D eigenvalue weighted by Gasteiger charge is -2.22. The fourth-order valence-electron chi connectivity index (χ4n) is 2.54. The first-order valence-corrected chi connectivity index (χ1v) is 6.32. The van der Waals surface area contributed by atoms with Crippen molar-refractivity contribution in [1.29, 1.82) is 0 Å². The van der Waals surface area contributed by atoms with Gasteiger partial charge in [0.05, 0.1) is 6.04 Å². The third-order valence-corrected chi connectivity index (χ3v) is 3.70. The Morgan fingerprint density at radius 1 is 1.50 bits per heavy atom. The number of carbonyl (C=O) groups excluding carboxylic acids is 1. The van der Waals surface area contributed by atoms with Gasteiger partial charge in [0.15, 0.2) is 0 Å². The molecule has 1 aliphatic carbocycles. The van der Waals surface area contributed by atoms with Gasteiger partial charge in [0.1, 0.15) is 0 Å². The summed E-state index contributed by atoms with van der Waals surface area (Å²) in [6.45, 7) is 4.69. The number of amides is 1. The molecule has 2 unspecified atom stereocenters. The highest BCUT2D eigenvalue weighted by atomic mass is 16.2. The van der Waals surface area contributed by atoms with E-state index in [1.807, 2.05) is 4.90 Å². The molecule has 2 atom stereocenters. The topological polar surface area (TPSA) is 49.6 Å². The van der Waals surface area contributed by atoms with Crippen molar-refractivity contribution in [3.8, 4) is 0 Å². The largest absolute Gasteiger partial charge is 0.341 e. The van der Waals surface area contributed by atoms with Crippen LogP contribution in [0, 0.1) is 5.92 Å². The Morgan fingerprint density at radius 2 is 2.19 bits per heavy atom. The lowest BCUT2D eigenvalue weighted by atomic mass is 10.1. The number of hydrogen-bond acceptors (Lipinski definition) is 3. The molecule has 2 aliphatic rings. The molecule has 16 heavy (non-hydrogen) atoms. The maximum Gasteiger partial charge on any atom is 0.239 e. The molecule has 0 bridgehead atoms. The minimum absolute atomic E-state index is 0.108. The summed E-state index contributed by atoms with van der Waals surface area (Å²) in [5, 5.41) is 0. The summed E-state index contributed by atoms with van der Waals surface area (Å²) in [6, 6.07) is 0.470. The van der Waals surface area contributed by atoms with Gasteiger partial charge in [0.25, 0.3) is 0 Å². The highest BCUT2D eigenvalue weighted by Crippen LogP contribution is 2.27. The number of nitrogens with zero attached hydrogens (tertiary/aromatic N) is 2. The molecule has 0 aromatic rings. The monoisotopic (exact) mass is 225 g/mol. The Hall–Kier alpha value is -0.610. The first kappa shape index (κ1) is 11.9. The molecular formula is C12H23N3O. The van der Waals surface area contributed by atoms with Crippen LogP contribution in [0.3, 0.4) is 0 Å². The summed E-state index contributed by atoms with van der Waals surface area (Å²) >= 11 is 0. The zero-order valence-electron chi connectivity index (χ0n) is 10.4. The summed E-state index contributed by atoms with van der Waals surface area (Å²) in [4.78, 5) is 16.1. The van der Waals surface area contributed by atoms with E-state index < -0.39 is 0 Å². The van der Waals surface area contributed by atoms with Crippen molar-refractivity contribution in [3.63, 3.8) is 0 Å². The summed E-state index contributed by atoms with van der Waals surface area (Å²) in [7, 11) is 2.20. The average Bonchev–Trinajstić information content (AvgIpc) is 2.99. The van der Waals surface area contributed by atoms with Crippen molar-refractivity contribution >= 4 is 5.91 Å². The Bertz CT molecular complexity index is 263. The lowest BCUT2D eigenvalue weighted by molar-refractivity contribution is -0.131. The third kappa shape index (κ3) is 2.74. The Balaban J connectivity index is 1.76. The van der Waals surface area contributed by atoms with Gasteiger partial charge >= 0.3 is 0 Å². The fourth-order valence-corrected chi connectivity index (χ4v) is 2.54. The number of likely N-dealkylation sites (tertiary alicyclic amines) is 1. The van der Waals surface area contributed by atoms with E-state index in [0.29, 0.717) is 5.92 Å². The van der Waals surface area contributed by atoms with Gasteiger partial charge in [0.2, 0.25) is 5.91 Å². The van der Waals surface area contributed by atoms with Gasteiger partial charge in [-0.25, -0.2) is 0 Å². The van der Waals surface area contributed by atoms with Crippen LogP contribution in [-0.4, -0.2) is 54.5 Å². The SMILES string of the molecule is CC(N)C(=O)N1CCC(CN(C)C2CC2)C1. The first-order valence-electron chi connectivity index (χ1n) is 6.32. The van der Waals surface area contributed by atoms with Crippen molar-refractivity contribution in [3.05, 3.63) is 0 Å². The fraction of sp³-hybridized carbons (Fsp3) is 0.917. The van der Waals surface area contributed by atoms with Gasteiger partial charge in [-0.2, -0.15) is 0 Å². The van der Waals surface area contributed by atoms with E-state index in [-0.39, 0.29) is 11.9 Å². The molecule has 0 radical (unpaired) electrons. The van der Waals surface area contributed by atoms with Gasteiger partial charge < -0.3 is 15.5 Å². The van der Waals surface area contributed by atoms with E-state index in [9.17, 15) is 4.79 Å². The van der Waals surface area contributed by atoms with Crippen LogP contribution in [0.1, 0.15) is 26.2 Å². The highest BCUT2D eigenvalue weighted by molar-refractivity contribution is 5.81. The standard InChI is InChI=1S/C12H23N3O/c1-9(13)12(16)15-6-5-10(8-15)7-14(2)11-3-4-11/h9-11H,3-8,13H2,1-2H3. The average molecular weight is 225 g/mol. The molecule has 4 nitrogen and oxygen atoms in total. The maximum absolute atomic E-state index is 11.7. The molecule has 1 saturated heterocycles. The van der Waals surface area contributed by atoms with Crippen LogP contribution in [0.2, 0.25) is 0 Å². The number of hydrogen-bond donors (Lipinski definition) is 1.